The molecular formula is C19H18Br2N4OS. The van der Waals surface area contributed by atoms with Crippen LogP contribution in [0, 0.1) is 6.92 Å². The molecule has 8 heteroatoms. The van der Waals surface area contributed by atoms with Gasteiger partial charge in [0, 0.05) is 21.1 Å². The third-order valence-electron chi connectivity index (χ3n) is 3.88. The summed E-state index contributed by atoms with van der Waals surface area (Å²) in [6.07, 6.45) is 0. The van der Waals surface area contributed by atoms with Crippen molar-refractivity contribution < 1.29 is 4.79 Å². The normalized spacial score (nSPS) is 10.8. The van der Waals surface area contributed by atoms with E-state index in [9.17, 15) is 4.79 Å². The van der Waals surface area contributed by atoms with Crippen LogP contribution >= 0.6 is 43.6 Å². The number of benzene rings is 2. The molecule has 3 aromatic rings. The van der Waals surface area contributed by atoms with Gasteiger partial charge in [-0.15, -0.1) is 10.2 Å². The Kier molecular flexibility index (Phi) is 6.73. The number of anilines is 1. The molecule has 0 aliphatic carbocycles. The van der Waals surface area contributed by atoms with Crippen molar-refractivity contribution in [2.45, 2.75) is 25.5 Å². The first-order chi connectivity index (χ1) is 13.0. The van der Waals surface area contributed by atoms with Crippen LogP contribution in [0.4, 0.5) is 5.69 Å². The Morgan fingerprint density at radius 3 is 2.63 bits per heavy atom. The Balaban J connectivity index is 1.71. The van der Waals surface area contributed by atoms with Crippen LogP contribution in [0.2, 0.25) is 0 Å². The molecule has 0 saturated carbocycles. The average molecular weight is 510 g/mol. The second-order valence-corrected chi connectivity index (χ2v) is 8.50. The van der Waals surface area contributed by atoms with Gasteiger partial charge in [0.1, 0.15) is 0 Å². The fourth-order valence-corrected chi connectivity index (χ4v) is 4.42. The van der Waals surface area contributed by atoms with Crippen LogP contribution < -0.4 is 5.32 Å². The molecule has 2 aromatic carbocycles. The number of aromatic nitrogens is 3. The van der Waals surface area contributed by atoms with Crippen LogP contribution in [0.1, 0.15) is 12.5 Å². The van der Waals surface area contributed by atoms with Crippen LogP contribution in [-0.4, -0.2) is 26.4 Å². The summed E-state index contributed by atoms with van der Waals surface area (Å²) in [5.74, 6) is 0.959. The molecule has 0 atom stereocenters. The predicted molar refractivity (Wildman–Crippen MR) is 117 cm³/mol. The van der Waals surface area contributed by atoms with Gasteiger partial charge in [-0.3, -0.25) is 4.79 Å². The number of rotatable bonds is 6. The molecule has 3 rings (SSSR count). The summed E-state index contributed by atoms with van der Waals surface area (Å²) in [7, 11) is 0. The quantitative estimate of drug-likeness (QED) is 0.444. The molecule has 0 fully saturated rings. The summed E-state index contributed by atoms with van der Waals surface area (Å²) >= 11 is 8.41. The summed E-state index contributed by atoms with van der Waals surface area (Å²) in [6.45, 7) is 4.76. The Morgan fingerprint density at radius 2 is 1.93 bits per heavy atom. The van der Waals surface area contributed by atoms with Crippen LogP contribution in [0.5, 0.6) is 0 Å². The first-order valence-corrected chi connectivity index (χ1v) is 10.9. The third-order valence-corrected chi connectivity index (χ3v) is 6.19. The number of carbonyl (C=O) groups is 1. The zero-order chi connectivity index (χ0) is 19.4. The molecule has 1 amide bonds. The Morgan fingerprint density at radius 1 is 1.15 bits per heavy atom. The highest BCUT2D eigenvalue weighted by Gasteiger charge is 2.16. The number of carbonyl (C=O) groups excluding carboxylic acids is 1. The van der Waals surface area contributed by atoms with E-state index in [-0.39, 0.29) is 11.7 Å². The van der Waals surface area contributed by atoms with Gasteiger partial charge < -0.3 is 9.88 Å². The summed E-state index contributed by atoms with van der Waals surface area (Å²) in [5.41, 5.74) is 2.87. The lowest BCUT2D eigenvalue weighted by Crippen LogP contribution is -2.15. The molecule has 0 spiro atoms. The van der Waals surface area contributed by atoms with Crippen molar-refractivity contribution in [2.24, 2.45) is 0 Å². The van der Waals surface area contributed by atoms with E-state index in [4.69, 9.17) is 0 Å². The highest BCUT2D eigenvalue weighted by atomic mass is 79.9. The standard InChI is InChI=1S/C19H18Br2N4OS/c1-3-25-18(13-6-4-5-7-14(13)20)23-24-19(25)27-11-17(26)22-16-9-8-12(2)10-15(16)21/h4-10H,3,11H2,1-2H3,(H,22,26). The van der Waals surface area contributed by atoms with Gasteiger partial charge in [-0.05, 0) is 53.5 Å². The topological polar surface area (TPSA) is 59.8 Å². The molecule has 1 aromatic heterocycles. The van der Waals surface area contributed by atoms with E-state index < -0.39 is 0 Å². The Bertz CT molecular complexity index is 974. The number of hydrogen-bond donors (Lipinski definition) is 1. The second-order valence-electron chi connectivity index (χ2n) is 5.85. The summed E-state index contributed by atoms with van der Waals surface area (Å²) in [4.78, 5) is 12.3. The number of hydrogen-bond acceptors (Lipinski definition) is 4. The molecule has 5 nitrogen and oxygen atoms in total. The van der Waals surface area contributed by atoms with Crippen molar-refractivity contribution >= 4 is 55.2 Å². The fourth-order valence-electron chi connectivity index (χ4n) is 2.56. The minimum absolute atomic E-state index is 0.0855. The lowest BCUT2D eigenvalue weighted by molar-refractivity contribution is -0.113. The first-order valence-electron chi connectivity index (χ1n) is 8.36. The Labute approximate surface area is 179 Å². The fraction of sp³-hybridized carbons (Fsp3) is 0.211. The SMILES string of the molecule is CCn1c(SCC(=O)Nc2ccc(C)cc2Br)nnc1-c1ccccc1Br. The minimum atomic E-state index is -0.0855. The number of halogens is 2. The lowest BCUT2D eigenvalue weighted by atomic mass is 10.2. The van der Waals surface area contributed by atoms with Crippen LogP contribution in [0.25, 0.3) is 11.4 Å². The average Bonchev–Trinajstić information content (AvgIpc) is 3.05. The minimum Gasteiger partial charge on any atom is -0.324 e. The van der Waals surface area contributed by atoms with Crippen LogP contribution in [0.3, 0.4) is 0 Å². The van der Waals surface area contributed by atoms with Crippen LogP contribution in [0.15, 0.2) is 56.6 Å². The zero-order valence-corrected chi connectivity index (χ0v) is 18.9. The molecule has 0 aliphatic rings. The first kappa shape index (κ1) is 20.1. The van der Waals surface area contributed by atoms with E-state index >= 15 is 0 Å². The van der Waals surface area contributed by atoms with Crippen LogP contribution in [-0.2, 0) is 11.3 Å². The van der Waals surface area contributed by atoms with Gasteiger partial charge in [0.05, 0.1) is 11.4 Å². The number of nitrogens with zero attached hydrogens (tertiary/aromatic N) is 3. The molecule has 0 saturated heterocycles. The van der Waals surface area contributed by atoms with Gasteiger partial charge in [-0.2, -0.15) is 0 Å². The number of aryl methyl sites for hydroxylation is 1. The van der Waals surface area contributed by atoms with Crippen molar-refractivity contribution in [2.75, 3.05) is 11.1 Å². The number of thioether (sulfide) groups is 1. The maximum Gasteiger partial charge on any atom is 0.234 e. The van der Waals surface area contributed by atoms with Gasteiger partial charge >= 0.3 is 0 Å². The highest BCUT2D eigenvalue weighted by Crippen LogP contribution is 2.29. The second kappa shape index (κ2) is 9.03. The molecule has 0 radical (unpaired) electrons. The maximum absolute atomic E-state index is 12.3. The predicted octanol–water partition coefficient (Wildman–Crippen LogP) is 5.53. The molecule has 1 N–H and O–H groups in total. The van der Waals surface area contributed by atoms with Crippen molar-refractivity contribution in [1.29, 1.82) is 0 Å². The molecule has 0 unspecified atom stereocenters. The van der Waals surface area contributed by atoms with Gasteiger partial charge in [0.2, 0.25) is 5.91 Å². The van der Waals surface area contributed by atoms with E-state index in [0.717, 1.165) is 43.3 Å². The van der Waals surface area contributed by atoms with Gasteiger partial charge in [-0.25, -0.2) is 0 Å². The molecule has 0 bridgehead atoms. The summed E-state index contributed by atoms with van der Waals surface area (Å²) in [6, 6.07) is 13.7. The van der Waals surface area contributed by atoms with E-state index in [1.807, 2.05) is 60.9 Å². The van der Waals surface area contributed by atoms with Gasteiger partial charge in [0.15, 0.2) is 11.0 Å². The smallest absolute Gasteiger partial charge is 0.234 e. The van der Waals surface area contributed by atoms with Crippen molar-refractivity contribution in [3.63, 3.8) is 0 Å². The molecular weight excluding hydrogens is 492 g/mol. The van der Waals surface area contributed by atoms with E-state index in [2.05, 4.69) is 47.4 Å². The summed E-state index contributed by atoms with van der Waals surface area (Å²) in [5, 5.41) is 12.2. The van der Waals surface area contributed by atoms with Gasteiger partial charge in [-0.1, -0.05) is 52.0 Å². The number of amides is 1. The van der Waals surface area contributed by atoms with Crippen molar-refractivity contribution in [3.8, 4) is 11.4 Å². The zero-order valence-electron chi connectivity index (χ0n) is 14.9. The third kappa shape index (κ3) is 4.80. The largest absolute Gasteiger partial charge is 0.324 e. The molecule has 27 heavy (non-hydrogen) atoms. The molecule has 0 aliphatic heterocycles. The van der Waals surface area contributed by atoms with Gasteiger partial charge in [0.25, 0.3) is 0 Å². The lowest BCUT2D eigenvalue weighted by Gasteiger charge is -2.09. The van der Waals surface area contributed by atoms with E-state index in [1.165, 1.54) is 11.8 Å². The monoisotopic (exact) mass is 508 g/mol. The van der Waals surface area contributed by atoms with E-state index in [1.54, 1.807) is 0 Å². The van der Waals surface area contributed by atoms with Crippen molar-refractivity contribution in [1.82, 2.24) is 14.8 Å². The Hall–Kier alpha value is -1.64. The number of nitrogens with one attached hydrogen (secondary N) is 1. The maximum atomic E-state index is 12.3. The highest BCUT2D eigenvalue weighted by molar-refractivity contribution is 9.11. The molecule has 1 heterocycles. The summed E-state index contributed by atoms with van der Waals surface area (Å²) < 4.78 is 3.85. The molecule has 140 valence electrons. The van der Waals surface area contributed by atoms with Crippen molar-refractivity contribution in [3.05, 3.63) is 57.0 Å². The van der Waals surface area contributed by atoms with E-state index in [0.29, 0.717) is 0 Å².